The molecule has 1 saturated heterocycles. The van der Waals surface area contributed by atoms with Crippen LogP contribution in [0.5, 0.6) is 0 Å². The zero-order chi connectivity index (χ0) is 20.3. The lowest BCUT2D eigenvalue weighted by molar-refractivity contribution is -0.164. The number of hydrogen-bond acceptors (Lipinski definition) is 6. The van der Waals surface area contributed by atoms with Crippen molar-refractivity contribution in [1.29, 1.82) is 0 Å². The van der Waals surface area contributed by atoms with Gasteiger partial charge in [-0.05, 0) is 22.3 Å². The van der Waals surface area contributed by atoms with Crippen LogP contribution < -0.4 is 0 Å². The Labute approximate surface area is 170 Å². The lowest BCUT2D eigenvalue weighted by Gasteiger charge is -2.51. The van der Waals surface area contributed by atoms with Crippen LogP contribution in [0.1, 0.15) is 0 Å². The molecule has 7 rings (SSSR count). The highest BCUT2D eigenvalue weighted by Crippen LogP contribution is 2.59. The zero-order valence-electron chi connectivity index (χ0n) is 15.5. The number of fused-ring (bicyclic) bond motifs is 2. The first-order chi connectivity index (χ1) is 14.5. The molecule has 2 heterocycles. The zero-order valence-corrected chi connectivity index (χ0v) is 15.5. The summed E-state index contributed by atoms with van der Waals surface area (Å²) >= 11 is 0. The number of carbonyl (C=O) groups excluding carboxylic acids is 4. The predicted octanol–water partition coefficient (Wildman–Crippen LogP) is 2.03. The second-order valence-corrected chi connectivity index (χ2v) is 8.56. The minimum atomic E-state index is -0.588. The van der Waals surface area contributed by atoms with Gasteiger partial charge in [-0.15, -0.1) is 0 Å². The Morgan fingerprint density at radius 2 is 1.47 bits per heavy atom. The molecule has 5 aliphatic carbocycles. The van der Waals surface area contributed by atoms with Crippen LogP contribution >= 0.6 is 0 Å². The highest BCUT2D eigenvalue weighted by Gasteiger charge is 2.55. The molecule has 0 aromatic carbocycles. The van der Waals surface area contributed by atoms with Gasteiger partial charge in [0, 0.05) is 29.2 Å². The Balaban J connectivity index is 1.49. The molecule has 0 bridgehead atoms. The van der Waals surface area contributed by atoms with E-state index >= 15 is 0 Å². The van der Waals surface area contributed by atoms with Crippen molar-refractivity contribution in [3.8, 4) is 0 Å². The Morgan fingerprint density at radius 3 is 2.33 bits per heavy atom. The molecular formula is C24H14O6. The average Bonchev–Trinajstić information content (AvgIpc) is 2.74. The molecule has 146 valence electrons. The molecule has 0 saturated carbocycles. The van der Waals surface area contributed by atoms with E-state index in [1.54, 1.807) is 12.2 Å². The van der Waals surface area contributed by atoms with Gasteiger partial charge < -0.3 is 9.47 Å². The van der Waals surface area contributed by atoms with Crippen molar-refractivity contribution in [3.05, 3.63) is 82.0 Å². The molecule has 1 fully saturated rings. The van der Waals surface area contributed by atoms with Crippen LogP contribution in [0.4, 0.5) is 0 Å². The normalized spacial score (nSPS) is 39.2. The standard InChI is InChI=1S/C24H14O6/c25-21-13-5-1-9-10-2-6-15-20-16(24(28)30-23(15)27)8-4-12(18(10)20)11-3-7-14(22(26)29-21)19(13)17(9)11/h1-9,11,13,16-17,20H. The minimum Gasteiger partial charge on any atom is -0.389 e. The number of ether oxygens (including phenoxy) is 2. The Hall–Kier alpha value is -3.54. The van der Waals surface area contributed by atoms with Gasteiger partial charge in [0.05, 0.1) is 17.4 Å². The highest BCUT2D eigenvalue weighted by atomic mass is 16.6. The topological polar surface area (TPSA) is 86.7 Å². The van der Waals surface area contributed by atoms with E-state index in [9.17, 15) is 19.2 Å². The molecule has 6 atom stereocenters. The molecular weight excluding hydrogens is 384 g/mol. The molecule has 0 aromatic heterocycles. The van der Waals surface area contributed by atoms with Crippen molar-refractivity contribution in [2.24, 2.45) is 35.5 Å². The maximum Gasteiger partial charge on any atom is 0.345 e. The summed E-state index contributed by atoms with van der Waals surface area (Å²) in [6.07, 6.45) is 15.1. The molecule has 0 aromatic rings. The van der Waals surface area contributed by atoms with E-state index in [1.165, 1.54) is 0 Å². The van der Waals surface area contributed by atoms with Crippen LogP contribution in [0.2, 0.25) is 0 Å². The van der Waals surface area contributed by atoms with Gasteiger partial charge in [0.15, 0.2) is 0 Å². The fraction of sp³-hybridized carbons (Fsp3) is 0.250. The van der Waals surface area contributed by atoms with E-state index in [0.29, 0.717) is 11.1 Å². The predicted molar refractivity (Wildman–Crippen MR) is 101 cm³/mol. The van der Waals surface area contributed by atoms with Crippen molar-refractivity contribution in [1.82, 2.24) is 0 Å². The summed E-state index contributed by atoms with van der Waals surface area (Å²) in [5.41, 5.74) is 4.90. The van der Waals surface area contributed by atoms with Crippen molar-refractivity contribution in [3.63, 3.8) is 0 Å². The second-order valence-electron chi connectivity index (χ2n) is 8.56. The summed E-state index contributed by atoms with van der Waals surface area (Å²) in [5, 5.41) is 0. The molecule has 2 aliphatic heterocycles. The molecule has 7 aliphatic rings. The van der Waals surface area contributed by atoms with Gasteiger partial charge in [-0.2, -0.15) is 0 Å². The number of carbonyl (C=O) groups is 4. The fourth-order valence-corrected chi connectivity index (χ4v) is 6.28. The highest BCUT2D eigenvalue weighted by molar-refractivity contribution is 6.06. The quantitative estimate of drug-likeness (QED) is 0.353. The van der Waals surface area contributed by atoms with Crippen LogP contribution in [-0.2, 0) is 28.7 Å². The van der Waals surface area contributed by atoms with E-state index < -0.39 is 35.7 Å². The second kappa shape index (κ2) is 5.14. The van der Waals surface area contributed by atoms with Gasteiger partial charge >= 0.3 is 23.9 Å². The van der Waals surface area contributed by atoms with Crippen molar-refractivity contribution in [2.75, 3.05) is 0 Å². The van der Waals surface area contributed by atoms with Crippen LogP contribution in [0.25, 0.3) is 0 Å². The first-order valence-corrected chi connectivity index (χ1v) is 10.0. The number of hydrogen-bond donors (Lipinski definition) is 0. The number of rotatable bonds is 0. The van der Waals surface area contributed by atoms with Crippen LogP contribution in [0.15, 0.2) is 82.0 Å². The lowest BCUT2D eigenvalue weighted by Crippen LogP contribution is -2.47. The first kappa shape index (κ1) is 16.3. The molecule has 0 radical (unpaired) electrons. The van der Waals surface area contributed by atoms with E-state index in [-0.39, 0.29) is 23.7 Å². The Bertz CT molecular complexity index is 1250. The maximum absolute atomic E-state index is 12.4. The third kappa shape index (κ3) is 1.72. The van der Waals surface area contributed by atoms with Gasteiger partial charge in [0.2, 0.25) is 0 Å². The fourth-order valence-electron chi connectivity index (χ4n) is 6.28. The number of cyclic esters (lactones) is 4. The van der Waals surface area contributed by atoms with Crippen LogP contribution in [-0.4, -0.2) is 23.9 Å². The van der Waals surface area contributed by atoms with Crippen LogP contribution in [0.3, 0.4) is 0 Å². The molecule has 6 unspecified atom stereocenters. The third-order valence-electron chi connectivity index (χ3n) is 7.40. The van der Waals surface area contributed by atoms with Gasteiger partial charge in [-0.25, -0.2) is 9.59 Å². The summed E-state index contributed by atoms with van der Waals surface area (Å²) in [5.74, 6) is -3.76. The maximum atomic E-state index is 12.4. The molecule has 6 nitrogen and oxygen atoms in total. The van der Waals surface area contributed by atoms with Gasteiger partial charge in [-0.1, -0.05) is 48.6 Å². The minimum absolute atomic E-state index is 0.0448. The summed E-state index contributed by atoms with van der Waals surface area (Å²) in [7, 11) is 0. The number of allylic oxidation sites excluding steroid dienone is 8. The third-order valence-corrected chi connectivity index (χ3v) is 7.40. The summed E-state index contributed by atoms with van der Waals surface area (Å²) < 4.78 is 9.90. The van der Waals surface area contributed by atoms with E-state index in [1.807, 2.05) is 36.5 Å². The number of esters is 4. The summed E-state index contributed by atoms with van der Waals surface area (Å²) in [6, 6.07) is 0. The van der Waals surface area contributed by atoms with Crippen molar-refractivity contribution in [2.45, 2.75) is 0 Å². The first-order valence-electron chi connectivity index (χ1n) is 10.0. The SMILES string of the molecule is O=C1OC(=O)C2C=CC3=C4C(=CC=C1C42)C1C=CC2C(=O)OC(=O)C4=C2C1C3C=C4. The smallest absolute Gasteiger partial charge is 0.345 e. The average molecular weight is 398 g/mol. The van der Waals surface area contributed by atoms with E-state index in [0.717, 1.165) is 22.3 Å². The van der Waals surface area contributed by atoms with E-state index in [4.69, 9.17) is 9.47 Å². The monoisotopic (exact) mass is 398 g/mol. The molecule has 6 heteroatoms. The lowest BCUT2D eigenvalue weighted by atomic mass is 9.52. The van der Waals surface area contributed by atoms with Crippen molar-refractivity contribution >= 4 is 23.9 Å². The molecule has 0 amide bonds. The van der Waals surface area contributed by atoms with Gasteiger partial charge in [0.1, 0.15) is 0 Å². The molecule has 30 heavy (non-hydrogen) atoms. The van der Waals surface area contributed by atoms with Crippen LogP contribution in [0, 0.1) is 35.5 Å². The summed E-state index contributed by atoms with van der Waals surface area (Å²) in [6.45, 7) is 0. The Kier molecular flexibility index (Phi) is 2.79. The molecule has 0 spiro atoms. The summed E-state index contributed by atoms with van der Waals surface area (Å²) in [4.78, 5) is 49.6. The van der Waals surface area contributed by atoms with E-state index in [2.05, 4.69) is 0 Å². The van der Waals surface area contributed by atoms with Crippen molar-refractivity contribution < 1.29 is 28.7 Å². The largest absolute Gasteiger partial charge is 0.389 e. The van der Waals surface area contributed by atoms with Gasteiger partial charge in [0.25, 0.3) is 0 Å². The Morgan fingerprint density at radius 1 is 0.700 bits per heavy atom. The molecule has 0 N–H and O–H groups in total. The van der Waals surface area contributed by atoms with Gasteiger partial charge in [-0.3, -0.25) is 9.59 Å².